The maximum absolute atomic E-state index is 10.7. The Morgan fingerprint density at radius 1 is 1.12 bits per heavy atom. The summed E-state index contributed by atoms with van der Waals surface area (Å²) in [6.07, 6.45) is 8.96. The number of hydrogen-bond acceptors (Lipinski definition) is 7. The summed E-state index contributed by atoms with van der Waals surface area (Å²) in [6.45, 7) is 0. The molecule has 0 aliphatic heterocycles. The van der Waals surface area contributed by atoms with E-state index in [0.717, 1.165) is 28.3 Å². The number of methoxy groups -OCH3 is 1. The Bertz CT molecular complexity index is 1050. The van der Waals surface area contributed by atoms with Gasteiger partial charge < -0.3 is 25.6 Å². The third-order valence-corrected chi connectivity index (χ3v) is 5.58. The lowest BCUT2D eigenvalue weighted by molar-refractivity contribution is -0.138. The number of nitrogens with zero attached hydrogens (tertiary/aromatic N) is 2. The molecule has 0 bridgehead atoms. The summed E-state index contributed by atoms with van der Waals surface area (Å²) in [4.78, 5) is 19.2. The second-order valence-electron chi connectivity index (χ2n) is 8.06. The van der Waals surface area contributed by atoms with Crippen molar-refractivity contribution >= 4 is 11.8 Å². The average Bonchev–Trinajstić information content (AvgIpc) is 3.38. The van der Waals surface area contributed by atoms with Crippen LogP contribution in [0.1, 0.15) is 31.2 Å². The quantitative estimate of drug-likeness (QED) is 0.455. The van der Waals surface area contributed by atoms with Crippen LogP contribution in [0.25, 0.3) is 11.3 Å². The monoisotopic (exact) mass is 464 g/mol. The molecule has 0 saturated heterocycles. The van der Waals surface area contributed by atoms with Gasteiger partial charge in [0.05, 0.1) is 31.3 Å². The number of nitrogens with two attached hydrogens (primary N) is 1. The van der Waals surface area contributed by atoms with Crippen molar-refractivity contribution in [3.63, 3.8) is 0 Å². The van der Waals surface area contributed by atoms with Crippen molar-refractivity contribution in [3.05, 3.63) is 66.5 Å². The van der Waals surface area contributed by atoms with E-state index in [0.29, 0.717) is 18.3 Å². The van der Waals surface area contributed by atoms with Crippen molar-refractivity contribution < 1.29 is 19.4 Å². The lowest BCUT2D eigenvalue weighted by Crippen LogP contribution is -2.32. The largest absolute Gasteiger partial charge is 0.493 e. The minimum atomic E-state index is -0.998. The predicted molar refractivity (Wildman–Crippen MR) is 132 cm³/mol. The van der Waals surface area contributed by atoms with Gasteiger partial charge in [0.2, 0.25) is 0 Å². The van der Waals surface area contributed by atoms with Gasteiger partial charge in [0, 0.05) is 12.6 Å². The molecule has 1 aliphatic carbocycles. The molecule has 8 heteroatoms. The van der Waals surface area contributed by atoms with Crippen molar-refractivity contribution in [2.75, 3.05) is 19.5 Å². The fraction of sp³-hybridized carbons (Fsp3) is 0.346. The van der Waals surface area contributed by atoms with E-state index in [9.17, 15) is 4.79 Å². The van der Waals surface area contributed by atoms with Crippen LogP contribution in [0.5, 0.6) is 11.5 Å². The molecule has 1 saturated carbocycles. The number of carbonyl (C=O) groups is 1. The van der Waals surface area contributed by atoms with Crippen LogP contribution in [0.3, 0.4) is 0 Å². The Balaban J connectivity index is 0.000000202. The molecule has 1 fully saturated rings. The van der Waals surface area contributed by atoms with E-state index in [1.165, 1.54) is 25.7 Å². The van der Waals surface area contributed by atoms with Crippen molar-refractivity contribution in [1.82, 2.24) is 9.97 Å². The maximum Gasteiger partial charge on any atom is 0.320 e. The molecule has 4 N–H and O–H groups in total. The van der Waals surface area contributed by atoms with Gasteiger partial charge in [-0.15, -0.1) is 0 Å². The molecule has 1 aliphatic rings. The number of hydrogen-bond donors (Lipinski definition) is 3. The Labute approximate surface area is 200 Å². The molecule has 34 heavy (non-hydrogen) atoms. The molecule has 0 radical (unpaired) electrons. The maximum atomic E-state index is 10.7. The number of nitrogens with one attached hydrogen (secondary N) is 1. The van der Waals surface area contributed by atoms with E-state index < -0.39 is 12.0 Å². The van der Waals surface area contributed by atoms with Crippen LogP contribution in [0.4, 0.5) is 5.82 Å². The van der Waals surface area contributed by atoms with Gasteiger partial charge in [0.15, 0.2) is 11.5 Å². The van der Waals surface area contributed by atoms with Crippen molar-refractivity contribution in [2.24, 2.45) is 5.73 Å². The van der Waals surface area contributed by atoms with E-state index in [1.54, 1.807) is 26.6 Å². The van der Waals surface area contributed by atoms with Crippen LogP contribution in [-0.2, 0) is 11.2 Å². The highest BCUT2D eigenvalue weighted by molar-refractivity contribution is 5.73. The van der Waals surface area contributed by atoms with Gasteiger partial charge in [-0.25, -0.2) is 4.98 Å². The fourth-order valence-corrected chi connectivity index (χ4v) is 3.68. The van der Waals surface area contributed by atoms with Gasteiger partial charge in [-0.05, 0) is 49.8 Å². The zero-order valence-corrected chi connectivity index (χ0v) is 19.6. The Hall–Kier alpha value is -3.65. The summed E-state index contributed by atoms with van der Waals surface area (Å²) in [5, 5.41) is 11.7. The van der Waals surface area contributed by atoms with Crippen LogP contribution in [0.15, 0.2) is 60.9 Å². The summed E-state index contributed by atoms with van der Waals surface area (Å²) in [6, 6.07) is 14.4. The molecule has 1 atom stereocenters. The van der Waals surface area contributed by atoms with Gasteiger partial charge in [-0.2, -0.15) is 0 Å². The van der Waals surface area contributed by atoms with Crippen molar-refractivity contribution in [1.29, 1.82) is 0 Å². The number of carboxylic acids is 1. The number of para-hydroxylation sites is 2. The molecule has 4 rings (SSSR count). The Kier molecular flexibility index (Phi) is 9.22. The molecule has 1 heterocycles. The molecular weight excluding hydrogens is 432 g/mol. The topological polar surface area (TPSA) is 120 Å². The number of ether oxygens (including phenoxy) is 2. The minimum absolute atomic E-state index is 0.303. The first-order valence-electron chi connectivity index (χ1n) is 11.4. The molecule has 2 aromatic carbocycles. The van der Waals surface area contributed by atoms with Gasteiger partial charge in [-0.1, -0.05) is 36.4 Å². The zero-order valence-electron chi connectivity index (χ0n) is 19.6. The second kappa shape index (κ2) is 12.6. The van der Waals surface area contributed by atoms with Gasteiger partial charge in [0.25, 0.3) is 0 Å². The van der Waals surface area contributed by atoms with Gasteiger partial charge in [-0.3, -0.25) is 9.78 Å². The summed E-state index contributed by atoms with van der Waals surface area (Å²) < 4.78 is 11.1. The third-order valence-electron chi connectivity index (χ3n) is 5.58. The second-order valence-corrected chi connectivity index (χ2v) is 8.06. The first-order chi connectivity index (χ1) is 16.5. The van der Waals surface area contributed by atoms with Crippen LogP contribution in [0, 0.1) is 0 Å². The van der Waals surface area contributed by atoms with Crippen LogP contribution in [-0.4, -0.2) is 47.3 Å². The van der Waals surface area contributed by atoms with Crippen LogP contribution < -0.4 is 20.5 Å². The van der Waals surface area contributed by atoms with Crippen molar-refractivity contribution in [2.45, 2.75) is 44.2 Å². The average molecular weight is 465 g/mol. The summed E-state index contributed by atoms with van der Waals surface area (Å²) in [7, 11) is 3.46. The van der Waals surface area contributed by atoms with E-state index in [-0.39, 0.29) is 0 Å². The van der Waals surface area contributed by atoms with E-state index in [1.807, 2.05) is 48.5 Å². The molecule has 3 aromatic rings. The first-order valence-corrected chi connectivity index (χ1v) is 11.4. The first kappa shape index (κ1) is 25.0. The summed E-state index contributed by atoms with van der Waals surface area (Å²) >= 11 is 0. The molecule has 1 aromatic heterocycles. The van der Waals surface area contributed by atoms with Crippen LogP contribution >= 0.6 is 0 Å². The third kappa shape index (κ3) is 7.18. The fourth-order valence-electron chi connectivity index (χ4n) is 3.68. The number of rotatable bonds is 8. The Morgan fingerprint density at radius 2 is 1.79 bits per heavy atom. The molecular formula is C26H32N4O4. The SMILES string of the molecule is CNc1cncc(-c2ccc(CC(N)C(=O)O)cc2)n1.COc1ccccc1OC1CCCC1. The number of benzene rings is 2. The highest BCUT2D eigenvalue weighted by Crippen LogP contribution is 2.30. The van der Waals surface area contributed by atoms with Crippen molar-refractivity contribution in [3.8, 4) is 22.8 Å². The van der Waals surface area contributed by atoms with Gasteiger partial charge in [0.1, 0.15) is 11.9 Å². The highest BCUT2D eigenvalue weighted by Gasteiger charge is 2.17. The number of carboxylic acid groups (broad SMARTS) is 1. The van der Waals surface area contributed by atoms with Crippen LogP contribution in [0.2, 0.25) is 0 Å². The predicted octanol–water partition coefficient (Wildman–Crippen LogP) is 4.16. The lowest BCUT2D eigenvalue weighted by atomic mass is 10.0. The zero-order chi connectivity index (χ0) is 24.3. The number of aromatic nitrogens is 2. The Morgan fingerprint density at radius 3 is 2.41 bits per heavy atom. The highest BCUT2D eigenvalue weighted by atomic mass is 16.5. The molecule has 1 unspecified atom stereocenters. The lowest BCUT2D eigenvalue weighted by Gasteiger charge is -2.15. The molecule has 180 valence electrons. The summed E-state index contributed by atoms with van der Waals surface area (Å²) in [5.41, 5.74) is 8.06. The molecule has 0 spiro atoms. The van der Waals surface area contributed by atoms with E-state index in [2.05, 4.69) is 15.3 Å². The van der Waals surface area contributed by atoms with E-state index in [4.69, 9.17) is 20.3 Å². The van der Waals surface area contributed by atoms with Gasteiger partial charge >= 0.3 is 5.97 Å². The normalized spacial score (nSPS) is 14.0. The standard InChI is InChI=1S/C14H16N4O2.C12H16O2/c1-16-13-8-17-7-12(18-13)10-4-2-9(3-5-10)6-11(15)14(19)20;1-13-11-8-4-5-9-12(11)14-10-6-2-3-7-10/h2-5,7-8,11H,6,15H2,1H3,(H,16,18)(H,19,20);4-5,8-10H,2-3,6-7H2,1H3. The molecule has 8 nitrogen and oxygen atoms in total. The number of aliphatic carboxylic acids is 1. The molecule has 0 amide bonds. The van der Waals surface area contributed by atoms with E-state index >= 15 is 0 Å². The minimum Gasteiger partial charge on any atom is -0.493 e. The number of anilines is 1. The smallest absolute Gasteiger partial charge is 0.320 e. The summed E-state index contributed by atoms with van der Waals surface area (Å²) in [5.74, 6) is 1.41.